The maximum atomic E-state index is 14.7. The summed E-state index contributed by atoms with van der Waals surface area (Å²) in [6.45, 7) is 8.73. The summed E-state index contributed by atoms with van der Waals surface area (Å²) in [5.74, 6) is -1.83. The monoisotopic (exact) mass is 670 g/mol. The van der Waals surface area contributed by atoms with Crippen LogP contribution >= 0.6 is 0 Å². The topological polar surface area (TPSA) is 99.7 Å². The number of carbonyl (C=O) groups is 4. The Balaban J connectivity index is 1.28. The lowest BCUT2D eigenvalue weighted by Gasteiger charge is -2.35. The number of amides is 4. The van der Waals surface area contributed by atoms with Crippen molar-refractivity contribution in [2.24, 2.45) is 11.8 Å². The minimum atomic E-state index is -0.934. The van der Waals surface area contributed by atoms with E-state index in [0.29, 0.717) is 36.1 Å². The SMILES string of the molecule is CCOc1ccc(N2C(=O)[C@@H]3[C@H](C2=O)N2[C@H](c4ccc(C)cc4)[C@@H]4C(=O)N(c5ccc(OCC)cc5)C(=O)[C@@H]4N2[C@H]3c2ccc(C)cc2)cc1. The number of nitrogens with zero attached hydrogens (tertiary/aromatic N) is 4. The zero-order valence-corrected chi connectivity index (χ0v) is 28.4. The number of imide groups is 2. The molecule has 4 amide bonds. The minimum absolute atomic E-state index is 0.344. The lowest BCUT2D eigenvalue weighted by Crippen LogP contribution is -2.50. The van der Waals surface area contributed by atoms with Crippen molar-refractivity contribution in [3.8, 4) is 11.5 Å². The first-order valence-electron chi connectivity index (χ1n) is 17.1. The Labute approximate surface area is 290 Å². The van der Waals surface area contributed by atoms with E-state index in [0.717, 1.165) is 22.3 Å². The van der Waals surface area contributed by atoms with Crippen molar-refractivity contribution in [3.63, 3.8) is 0 Å². The van der Waals surface area contributed by atoms with Crippen LogP contribution in [0.4, 0.5) is 11.4 Å². The van der Waals surface area contributed by atoms with Crippen LogP contribution in [-0.4, -0.2) is 58.9 Å². The first-order chi connectivity index (χ1) is 24.2. The van der Waals surface area contributed by atoms with Gasteiger partial charge in [-0.25, -0.2) is 19.8 Å². The van der Waals surface area contributed by atoms with Gasteiger partial charge >= 0.3 is 0 Å². The summed E-state index contributed by atoms with van der Waals surface area (Å²) in [5, 5.41) is 3.80. The van der Waals surface area contributed by atoms with Crippen molar-refractivity contribution in [1.29, 1.82) is 0 Å². The van der Waals surface area contributed by atoms with Crippen LogP contribution < -0.4 is 19.3 Å². The summed E-state index contributed by atoms with van der Waals surface area (Å²) in [6, 6.07) is 26.4. The summed E-state index contributed by atoms with van der Waals surface area (Å²) in [5.41, 5.74) is 4.57. The van der Waals surface area contributed by atoms with E-state index < -0.39 is 36.0 Å². The summed E-state index contributed by atoms with van der Waals surface area (Å²) in [6.07, 6.45) is 0. The molecule has 4 aromatic rings. The van der Waals surface area contributed by atoms with Gasteiger partial charge in [-0.15, -0.1) is 0 Å². The van der Waals surface area contributed by atoms with Crippen LogP contribution in [0.15, 0.2) is 97.1 Å². The second-order valence-corrected chi connectivity index (χ2v) is 13.3. The molecule has 4 aliphatic heterocycles. The molecule has 0 N–H and O–H groups in total. The molecule has 0 aliphatic carbocycles. The van der Waals surface area contributed by atoms with Gasteiger partial charge in [0.2, 0.25) is 11.8 Å². The number of hydrogen-bond donors (Lipinski definition) is 0. The van der Waals surface area contributed by atoms with E-state index in [9.17, 15) is 19.2 Å². The fraction of sp³-hybridized carbons (Fsp3) is 0.300. The van der Waals surface area contributed by atoms with Crippen molar-refractivity contribution in [3.05, 3.63) is 119 Å². The maximum absolute atomic E-state index is 14.7. The Morgan fingerprint density at radius 1 is 0.460 bits per heavy atom. The van der Waals surface area contributed by atoms with Gasteiger partial charge in [0, 0.05) is 0 Å². The third-order valence-corrected chi connectivity index (χ3v) is 10.4. The molecule has 0 bridgehead atoms. The first-order valence-corrected chi connectivity index (χ1v) is 17.1. The number of benzene rings is 4. The van der Waals surface area contributed by atoms with Crippen LogP contribution in [0.3, 0.4) is 0 Å². The van der Waals surface area contributed by atoms with E-state index in [2.05, 4.69) is 0 Å². The average molecular weight is 671 g/mol. The smallest absolute Gasteiger partial charge is 0.253 e. The van der Waals surface area contributed by atoms with E-state index in [4.69, 9.17) is 9.47 Å². The largest absolute Gasteiger partial charge is 0.494 e. The molecule has 6 atom stereocenters. The summed E-state index contributed by atoms with van der Waals surface area (Å²) >= 11 is 0. The van der Waals surface area contributed by atoms with E-state index in [1.165, 1.54) is 9.80 Å². The van der Waals surface area contributed by atoms with Crippen molar-refractivity contribution in [1.82, 2.24) is 10.0 Å². The number of hydrogen-bond acceptors (Lipinski definition) is 8. The van der Waals surface area contributed by atoms with Gasteiger partial charge in [-0.1, -0.05) is 59.7 Å². The van der Waals surface area contributed by atoms with Crippen LogP contribution in [-0.2, 0) is 19.2 Å². The van der Waals surface area contributed by atoms with Gasteiger partial charge in [0.05, 0.1) is 48.5 Å². The number of ether oxygens (including phenoxy) is 2. The lowest BCUT2D eigenvalue weighted by atomic mass is 9.84. The molecule has 50 heavy (non-hydrogen) atoms. The molecule has 4 fully saturated rings. The minimum Gasteiger partial charge on any atom is -0.494 e. The quantitative estimate of drug-likeness (QED) is 0.225. The van der Waals surface area contributed by atoms with Gasteiger partial charge < -0.3 is 9.47 Å². The Kier molecular flexibility index (Phi) is 7.80. The van der Waals surface area contributed by atoms with Gasteiger partial charge in [-0.3, -0.25) is 19.2 Å². The predicted molar refractivity (Wildman–Crippen MR) is 186 cm³/mol. The Hall–Kier alpha value is -5.32. The molecule has 0 unspecified atom stereocenters. The van der Waals surface area contributed by atoms with Gasteiger partial charge in [0.25, 0.3) is 11.8 Å². The Morgan fingerprint density at radius 2 is 0.800 bits per heavy atom. The molecule has 4 heterocycles. The zero-order chi connectivity index (χ0) is 34.8. The molecule has 10 nitrogen and oxygen atoms in total. The molecule has 0 aromatic heterocycles. The van der Waals surface area contributed by atoms with Gasteiger partial charge in [-0.05, 0) is 87.4 Å². The fourth-order valence-corrected chi connectivity index (χ4v) is 8.25. The number of aryl methyl sites for hydroxylation is 2. The highest BCUT2D eigenvalue weighted by Crippen LogP contribution is 2.59. The van der Waals surface area contributed by atoms with Crippen molar-refractivity contribution < 1.29 is 28.7 Å². The number of hydrazine groups is 1. The number of fused-ring (bicyclic) bond motifs is 5. The number of rotatable bonds is 8. The second-order valence-electron chi connectivity index (χ2n) is 13.3. The first kappa shape index (κ1) is 31.9. The zero-order valence-electron chi connectivity index (χ0n) is 28.4. The molecule has 4 saturated heterocycles. The normalized spacial score (nSPS) is 26.1. The van der Waals surface area contributed by atoms with Crippen LogP contribution in [0.25, 0.3) is 0 Å². The average Bonchev–Trinajstić information content (AvgIpc) is 3.78. The third-order valence-electron chi connectivity index (χ3n) is 10.4. The molecule has 254 valence electrons. The van der Waals surface area contributed by atoms with Crippen molar-refractivity contribution in [2.75, 3.05) is 23.0 Å². The van der Waals surface area contributed by atoms with Crippen molar-refractivity contribution >= 4 is 35.0 Å². The summed E-state index contributed by atoms with van der Waals surface area (Å²) in [4.78, 5) is 61.2. The van der Waals surface area contributed by atoms with E-state index in [-0.39, 0.29) is 23.6 Å². The molecule has 0 radical (unpaired) electrons. The molecule has 10 heteroatoms. The molecule has 0 saturated carbocycles. The maximum Gasteiger partial charge on any atom is 0.253 e. The second kappa shape index (κ2) is 12.2. The highest BCUT2D eigenvalue weighted by Gasteiger charge is 2.73. The molecule has 0 spiro atoms. The fourth-order valence-electron chi connectivity index (χ4n) is 8.25. The molecule has 4 aromatic carbocycles. The summed E-state index contributed by atoms with van der Waals surface area (Å²) in [7, 11) is 0. The summed E-state index contributed by atoms with van der Waals surface area (Å²) < 4.78 is 11.2. The van der Waals surface area contributed by atoms with E-state index in [1.54, 1.807) is 48.5 Å². The Morgan fingerprint density at radius 3 is 1.12 bits per heavy atom. The number of carbonyl (C=O) groups excluding carboxylic acids is 4. The van der Waals surface area contributed by atoms with Crippen LogP contribution in [0.5, 0.6) is 11.5 Å². The predicted octanol–water partition coefficient (Wildman–Crippen LogP) is 5.55. The van der Waals surface area contributed by atoms with E-state index >= 15 is 0 Å². The molecular weight excluding hydrogens is 632 g/mol. The van der Waals surface area contributed by atoms with Crippen LogP contribution in [0.1, 0.15) is 48.2 Å². The van der Waals surface area contributed by atoms with Gasteiger partial charge in [0.15, 0.2) is 0 Å². The molecule has 4 aliphatic rings. The van der Waals surface area contributed by atoms with Crippen molar-refractivity contribution in [2.45, 2.75) is 51.9 Å². The molecular formula is C40H38N4O6. The number of anilines is 2. The van der Waals surface area contributed by atoms with E-state index in [1.807, 2.05) is 86.2 Å². The Bertz CT molecular complexity index is 1830. The lowest BCUT2D eigenvalue weighted by molar-refractivity contribution is -0.136. The van der Waals surface area contributed by atoms with Crippen LogP contribution in [0, 0.1) is 25.7 Å². The highest BCUT2D eigenvalue weighted by atomic mass is 16.5. The standard InChI is InChI=1S/C40H38N4O6/c1-5-49-29-19-15-27(16-20-29)41-37(45)31-33(25-11-7-23(3)8-12-25)44-36-32(34(43(44)35(31)39(41)47)26-13-9-24(4)10-14-26)38(46)42(40(36)48)28-17-21-30(22-18-28)50-6-2/h7-22,31-36H,5-6H2,1-4H3/t31-,32-,33-,34+,35+,36+/m0/s1. The highest BCUT2D eigenvalue weighted by molar-refractivity contribution is 6.26. The van der Waals surface area contributed by atoms with Gasteiger partial charge in [-0.2, -0.15) is 0 Å². The van der Waals surface area contributed by atoms with Crippen LogP contribution in [0.2, 0.25) is 0 Å². The third kappa shape index (κ3) is 4.77. The van der Waals surface area contributed by atoms with Gasteiger partial charge in [0.1, 0.15) is 23.6 Å². The molecule has 8 rings (SSSR count).